The summed E-state index contributed by atoms with van der Waals surface area (Å²) in [5, 5.41) is 0. The van der Waals surface area contributed by atoms with Crippen LogP contribution in [0.3, 0.4) is 0 Å². The van der Waals surface area contributed by atoms with Gasteiger partial charge in [0.1, 0.15) is 0 Å². The second kappa shape index (κ2) is 10.3. The number of hydrogen-bond donors (Lipinski definition) is 0. The van der Waals surface area contributed by atoms with Crippen molar-refractivity contribution in [1.29, 1.82) is 0 Å². The van der Waals surface area contributed by atoms with Gasteiger partial charge in [0.25, 0.3) is 0 Å². The summed E-state index contributed by atoms with van der Waals surface area (Å²) in [6.07, 6.45) is 7.17. The molecule has 0 atom stereocenters. The third kappa shape index (κ3) is 4.56. The van der Waals surface area contributed by atoms with Crippen molar-refractivity contribution >= 4 is 0 Å². The van der Waals surface area contributed by atoms with Gasteiger partial charge >= 0.3 is 0 Å². The highest BCUT2D eigenvalue weighted by atomic mass is 14.5. The van der Waals surface area contributed by atoms with E-state index in [1.165, 1.54) is 92.4 Å². The molecule has 0 bridgehead atoms. The zero-order chi connectivity index (χ0) is 26.2. The molecule has 0 heterocycles. The van der Waals surface area contributed by atoms with Gasteiger partial charge in [-0.1, -0.05) is 122 Å². The molecule has 0 aromatic heterocycles. The summed E-state index contributed by atoms with van der Waals surface area (Å²) in [6.45, 7) is 13.6. The number of rotatable bonds is 8. The maximum absolute atomic E-state index is 2.53. The number of fused-ring (bicyclic) bond motifs is 3. The maximum Gasteiger partial charge on any atom is 0.0714 e. The van der Waals surface area contributed by atoms with Crippen molar-refractivity contribution in [2.24, 2.45) is 0 Å². The Balaban J connectivity index is 1.90. The van der Waals surface area contributed by atoms with Crippen LogP contribution in [0.1, 0.15) is 95.2 Å². The predicted octanol–water partition coefficient (Wildman–Crippen LogP) is 9.97. The molecule has 0 unspecified atom stereocenters. The molecule has 0 radical (unpaired) electrons. The van der Waals surface area contributed by atoms with Gasteiger partial charge in [-0.15, -0.1) is 0 Å². The van der Waals surface area contributed by atoms with Crippen LogP contribution >= 0.6 is 0 Å². The zero-order valence-electron chi connectivity index (χ0n) is 23.7. The SMILES string of the molecule is CCCCc1cc(C)cc(C2(c3cc(C)cc(CCCC)c3)c3cc(C)ccc3-c3ccc(C)cc32)c1. The molecule has 4 aromatic rings. The average Bonchev–Trinajstić information content (AvgIpc) is 3.15. The van der Waals surface area contributed by atoms with E-state index in [9.17, 15) is 0 Å². The monoisotopic (exact) mass is 486 g/mol. The van der Waals surface area contributed by atoms with Gasteiger partial charge < -0.3 is 0 Å². The Kier molecular flexibility index (Phi) is 7.13. The molecule has 0 N–H and O–H groups in total. The first-order valence-electron chi connectivity index (χ1n) is 14.3. The lowest BCUT2D eigenvalue weighted by Crippen LogP contribution is -2.29. The first-order valence-corrected chi connectivity index (χ1v) is 14.3. The average molecular weight is 487 g/mol. The van der Waals surface area contributed by atoms with Crippen LogP contribution in [0.2, 0.25) is 0 Å². The van der Waals surface area contributed by atoms with Crippen molar-refractivity contribution in [2.75, 3.05) is 0 Å². The van der Waals surface area contributed by atoms with Crippen LogP contribution < -0.4 is 0 Å². The lowest BCUT2D eigenvalue weighted by molar-refractivity contribution is 0.746. The summed E-state index contributed by atoms with van der Waals surface area (Å²) in [6, 6.07) is 29.0. The van der Waals surface area contributed by atoms with E-state index < -0.39 is 0 Å². The van der Waals surface area contributed by atoms with E-state index >= 15 is 0 Å². The molecular formula is C37H42. The van der Waals surface area contributed by atoms with Crippen LogP contribution in [-0.4, -0.2) is 0 Å². The second-order valence-electron chi connectivity index (χ2n) is 11.5. The zero-order valence-corrected chi connectivity index (χ0v) is 23.7. The van der Waals surface area contributed by atoms with Crippen molar-refractivity contribution < 1.29 is 0 Å². The molecular weight excluding hydrogens is 444 g/mol. The number of hydrogen-bond acceptors (Lipinski definition) is 0. The summed E-state index contributed by atoms with van der Waals surface area (Å²) in [4.78, 5) is 0. The minimum Gasteiger partial charge on any atom is -0.0654 e. The van der Waals surface area contributed by atoms with Gasteiger partial charge in [-0.05, 0) is 97.9 Å². The van der Waals surface area contributed by atoms with E-state index in [0.29, 0.717) is 0 Å². The van der Waals surface area contributed by atoms with Gasteiger partial charge in [0.05, 0.1) is 5.41 Å². The van der Waals surface area contributed by atoms with Gasteiger partial charge in [-0.3, -0.25) is 0 Å². The normalized spacial score (nSPS) is 13.5. The number of unbranched alkanes of at least 4 members (excludes halogenated alkanes) is 2. The van der Waals surface area contributed by atoms with Crippen LogP contribution in [-0.2, 0) is 18.3 Å². The predicted molar refractivity (Wildman–Crippen MR) is 160 cm³/mol. The molecule has 0 saturated carbocycles. The second-order valence-corrected chi connectivity index (χ2v) is 11.5. The molecule has 5 rings (SSSR count). The third-order valence-corrected chi connectivity index (χ3v) is 8.23. The third-order valence-electron chi connectivity index (χ3n) is 8.23. The summed E-state index contributed by atoms with van der Waals surface area (Å²) >= 11 is 0. The topological polar surface area (TPSA) is 0 Å². The highest BCUT2D eigenvalue weighted by Crippen LogP contribution is 2.57. The molecule has 37 heavy (non-hydrogen) atoms. The van der Waals surface area contributed by atoms with Crippen molar-refractivity contribution in [3.63, 3.8) is 0 Å². The molecule has 0 saturated heterocycles. The minimum atomic E-state index is -0.317. The smallest absolute Gasteiger partial charge is 0.0654 e. The van der Waals surface area contributed by atoms with E-state index in [1.807, 2.05) is 0 Å². The highest BCUT2D eigenvalue weighted by molar-refractivity contribution is 5.87. The Morgan fingerprint density at radius 1 is 0.486 bits per heavy atom. The first kappa shape index (κ1) is 25.5. The van der Waals surface area contributed by atoms with E-state index in [1.54, 1.807) is 0 Å². The lowest BCUT2D eigenvalue weighted by Gasteiger charge is -2.35. The molecule has 0 heteroatoms. The van der Waals surface area contributed by atoms with E-state index in [4.69, 9.17) is 0 Å². The highest BCUT2D eigenvalue weighted by Gasteiger charge is 2.46. The van der Waals surface area contributed by atoms with Crippen molar-refractivity contribution in [3.05, 3.63) is 128 Å². The van der Waals surface area contributed by atoms with Gasteiger partial charge in [0, 0.05) is 0 Å². The maximum atomic E-state index is 2.53. The van der Waals surface area contributed by atoms with Crippen LogP contribution in [0.5, 0.6) is 0 Å². The fourth-order valence-corrected chi connectivity index (χ4v) is 6.55. The van der Waals surface area contributed by atoms with E-state index in [-0.39, 0.29) is 5.41 Å². The lowest BCUT2D eigenvalue weighted by atomic mass is 9.66. The number of aryl methyl sites for hydroxylation is 6. The number of benzene rings is 4. The molecule has 0 nitrogen and oxygen atoms in total. The van der Waals surface area contributed by atoms with Crippen LogP contribution in [0, 0.1) is 27.7 Å². The van der Waals surface area contributed by atoms with Gasteiger partial charge in [0.15, 0.2) is 0 Å². The van der Waals surface area contributed by atoms with Crippen LogP contribution in [0.15, 0.2) is 72.8 Å². The quantitative estimate of drug-likeness (QED) is 0.205. The van der Waals surface area contributed by atoms with Gasteiger partial charge in [0.2, 0.25) is 0 Å². The minimum absolute atomic E-state index is 0.317. The van der Waals surface area contributed by atoms with Crippen molar-refractivity contribution in [3.8, 4) is 11.1 Å². The molecule has 4 aromatic carbocycles. The molecule has 0 spiro atoms. The largest absolute Gasteiger partial charge is 0.0714 e. The van der Waals surface area contributed by atoms with Crippen LogP contribution in [0.4, 0.5) is 0 Å². The standard InChI is InChI=1S/C37H42/c1-7-9-11-29-17-27(5)19-31(23-29)37(32-20-28(6)18-30(24-32)12-10-8-2)35-21-25(3)13-15-33(35)34-16-14-26(4)22-36(34)37/h13-24H,7-12H2,1-6H3. The Morgan fingerprint density at radius 2 is 0.919 bits per heavy atom. The van der Waals surface area contributed by atoms with E-state index in [2.05, 4.69) is 114 Å². The van der Waals surface area contributed by atoms with Gasteiger partial charge in [-0.25, -0.2) is 0 Å². The molecule has 0 aliphatic heterocycles. The fraction of sp³-hybridized carbons (Fsp3) is 0.351. The van der Waals surface area contributed by atoms with Crippen molar-refractivity contribution in [2.45, 2.75) is 85.5 Å². The molecule has 0 fully saturated rings. The first-order chi connectivity index (χ1) is 17.9. The van der Waals surface area contributed by atoms with Crippen molar-refractivity contribution in [1.82, 2.24) is 0 Å². The Labute approximate surface area is 224 Å². The fourth-order valence-electron chi connectivity index (χ4n) is 6.55. The Bertz CT molecular complexity index is 1320. The molecule has 190 valence electrons. The van der Waals surface area contributed by atoms with Gasteiger partial charge in [-0.2, -0.15) is 0 Å². The molecule has 0 amide bonds. The summed E-state index contributed by atoms with van der Waals surface area (Å²) in [7, 11) is 0. The molecule has 1 aliphatic rings. The Morgan fingerprint density at radius 3 is 1.32 bits per heavy atom. The summed E-state index contributed by atoms with van der Waals surface area (Å²) in [5.74, 6) is 0. The Hall–Kier alpha value is -3.12. The van der Waals surface area contributed by atoms with E-state index in [0.717, 1.165) is 12.8 Å². The molecule has 1 aliphatic carbocycles. The summed E-state index contributed by atoms with van der Waals surface area (Å²) < 4.78 is 0. The van der Waals surface area contributed by atoms with Crippen LogP contribution in [0.25, 0.3) is 11.1 Å². The summed E-state index contributed by atoms with van der Waals surface area (Å²) in [5.41, 5.74) is 16.5.